The summed E-state index contributed by atoms with van der Waals surface area (Å²) in [5, 5.41) is 55.5. The van der Waals surface area contributed by atoms with Crippen LogP contribution in [0, 0.1) is 0 Å². The van der Waals surface area contributed by atoms with E-state index in [-0.39, 0.29) is 0 Å². The molecule has 16 nitrogen and oxygen atoms in total. The topological polar surface area (TPSA) is 251 Å². The molecule has 0 radical (unpaired) electrons. The van der Waals surface area contributed by atoms with Crippen molar-refractivity contribution in [3.63, 3.8) is 0 Å². The maximum atomic E-state index is 11.6. The second-order valence-corrected chi connectivity index (χ2v) is 8.62. The molecule has 2 amide bonds. The first-order chi connectivity index (χ1) is 15.2. The number of aliphatic hydroxyl groups is 5. The maximum absolute atomic E-state index is 11.6. The summed E-state index contributed by atoms with van der Waals surface area (Å²) in [6, 6.07) is -2.86. The Balaban J connectivity index is 2.30. The van der Waals surface area contributed by atoms with Crippen molar-refractivity contribution >= 4 is 22.2 Å². The minimum Gasteiger partial charge on any atom is -0.394 e. The summed E-state index contributed by atoms with van der Waals surface area (Å²) in [6.07, 6.45) is -13.2. The van der Waals surface area contributed by atoms with E-state index in [1.807, 2.05) is 0 Å². The monoisotopic (exact) mass is 504 g/mol. The quantitative estimate of drug-likeness (QED) is 0.144. The van der Waals surface area contributed by atoms with Crippen LogP contribution in [0.3, 0.4) is 0 Å². The molecule has 2 aliphatic rings. The summed E-state index contributed by atoms with van der Waals surface area (Å²) in [4.78, 5) is 23.0. The molecular weight excluding hydrogens is 476 g/mol. The molecule has 0 aromatic heterocycles. The van der Waals surface area contributed by atoms with Gasteiger partial charge in [-0.15, -0.1) is 0 Å². The Labute approximate surface area is 188 Å². The lowest BCUT2D eigenvalue weighted by molar-refractivity contribution is -0.327. The van der Waals surface area contributed by atoms with Gasteiger partial charge in [0.1, 0.15) is 48.7 Å². The molecule has 2 fully saturated rings. The minimum absolute atomic E-state index is 0.631. The molecule has 2 aliphatic heterocycles. The van der Waals surface area contributed by atoms with Gasteiger partial charge in [-0.1, -0.05) is 0 Å². The average Bonchev–Trinajstić information content (AvgIpc) is 2.70. The van der Waals surface area contributed by atoms with E-state index in [0.717, 1.165) is 13.8 Å². The third kappa shape index (κ3) is 7.23. The molecule has 33 heavy (non-hydrogen) atoms. The first kappa shape index (κ1) is 27.7. The molecule has 0 saturated carbocycles. The number of carbonyl (C=O) groups is 2. The third-order valence-electron chi connectivity index (χ3n) is 4.99. The van der Waals surface area contributed by atoms with E-state index in [2.05, 4.69) is 14.8 Å². The van der Waals surface area contributed by atoms with Crippen molar-refractivity contribution in [3.8, 4) is 0 Å². The van der Waals surface area contributed by atoms with Gasteiger partial charge >= 0.3 is 10.4 Å². The molecule has 0 spiro atoms. The Bertz CT molecular complexity index is 796. The summed E-state index contributed by atoms with van der Waals surface area (Å²) >= 11 is 0. The van der Waals surface area contributed by atoms with Crippen LogP contribution in [-0.2, 0) is 38.4 Å². The Kier molecular flexibility index (Phi) is 9.48. The Hall–Kier alpha value is -1.51. The van der Waals surface area contributed by atoms with Crippen LogP contribution >= 0.6 is 0 Å². The lowest BCUT2D eigenvalue weighted by Crippen LogP contribution is -2.69. The lowest BCUT2D eigenvalue weighted by atomic mass is 9.94. The van der Waals surface area contributed by atoms with E-state index in [9.17, 15) is 43.5 Å². The molecule has 192 valence electrons. The van der Waals surface area contributed by atoms with Crippen molar-refractivity contribution in [3.05, 3.63) is 0 Å². The predicted octanol–water partition coefficient (Wildman–Crippen LogP) is -5.28. The number of carbonyl (C=O) groups excluding carboxylic acids is 2. The van der Waals surface area contributed by atoms with Gasteiger partial charge < -0.3 is 50.4 Å². The smallest absolute Gasteiger partial charge is 0.394 e. The fourth-order valence-corrected chi connectivity index (χ4v) is 3.83. The van der Waals surface area contributed by atoms with Crippen molar-refractivity contribution in [1.29, 1.82) is 0 Å². The second kappa shape index (κ2) is 11.3. The summed E-state index contributed by atoms with van der Waals surface area (Å²) in [6.45, 7) is 0.470. The first-order valence-electron chi connectivity index (χ1n) is 9.70. The SMILES string of the molecule is CC(=O)N[C@@H]1[C@@H](O)[C@H](O[C@@H]2O[C@H](COS(=O)(=O)O)[C@H](O)[C@H](O)[C@H]2NC(C)=O)[C@@H](CO)O[C@H]1O. The molecule has 17 heteroatoms. The highest BCUT2D eigenvalue weighted by Crippen LogP contribution is 2.29. The normalized spacial score (nSPS) is 39.6. The highest BCUT2D eigenvalue weighted by atomic mass is 32.3. The van der Waals surface area contributed by atoms with Crippen LogP contribution < -0.4 is 10.6 Å². The number of amides is 2. The van der Waals surface area contributed by atoms with E-state index in [0.29, 0.717) is 0 Å². The van der Waals surface area contributed by atoms with Gasteiger partial charge in [0.05, 0.1) is 13.2 Å². The summed E-state index contributed by atoms with van der Waals surface area (Å²) in [7, 11) is -4.93. The fraction of sp³-hybridized carbons (Fsp3) is 0.875. The molecule has 10 atom stereocenters. The van der Waals surface area contributed by atoms with Crippen LogP contribution in [0.1, 0.15) is 13.8 Å². The van der Waals surface area contributed by atoms with Gasteiger partial charge in [0.25, 0.3) is 0 Å². The van der Waals surface area contributed by atoms with E-state index < -0.39 is 96.7 Å². The molecule has 0 unspecified atom stereocenters. The molecule has 0 aliphatic carbocycles. The van der Waals surface area contributed by atoms with Gasteiger partial charge in [-0.3, -0.25) is 14.1 Å². The predicted molar refractivity (Wildman–Crippen MR) is 102 cm³/mol. The molecule has 0 bridgehead atoms. The maximum Gasteiger partial charge on any atom is 0.397 e. The van der Waals surface area contributed by atoms with Crippen LogP contribution in [0.5, 0.6) is 0 Å². The van der Waals surface area contributed by atoms with Gasteiger partial charge in [0.15, 0.2) is 12.6 Å². The van der Waals surface area contributed by atoms with Crippen LogP contribution in [0.15, 0.2) is 0 Å². The summed E-state index contributed by atoms with van der Waals surface area (Å²) < 4.78 is 50.9. The van der Waals surface area contributed by atoms with Gasteiger partial charge in [-0.05, 0) is 0 Å². The Morgan fingerprint density at radius 3 is 2.00 bits per heavy atom. The Morgan fingerprint density at radius 2 is 1.48 bits per heavy atom. The van der Waals surface area contributed by atoms with Gasteiger partial charge in [0, 0.05) is 13.8 Å². The number of hydrogen-bond donors (Lipinski definition) is 8. The van der Waals surface area contributed by atoms with E-state index in [4.69, 9.17) is 18.8 Å². The molecule has 0 aromatic carbocycles. The van der Waals surface area contributed by atoms with Gasteiger partial charge in [-0.25, -0.2) is 4.18 Å². The minimum atomic E-state index is -4.93. The Morgan fingerprint density at radius 1 is 0.909 bits per heavy atom. The highest BCUT2D eigenvalue weighted by Gasteiger charge is 2.51. The molecule has 0 aromatic rings. The summed E-state index contributed by atoms with van der Waals surface area (Å²) in [5.41, 5.74) is 0. The van der Waals surface area contributed by atoms with Crippen molar-refractivity contribution in [2.24, 2.45) is 0 Å². The standard InChI is InChI=1S/C16H28N2O14S/c1-5(20)17-9-13(24)14(7(3-19)30-15(9)25)32-16-10(18-6(2)21)12(23)11(22)8(31-16)4-29-33(26,27)28/h7-16,19,22-25H,3-4H2,1-2H3,(H,17,20)(H,18,21)(H,26,27,28)/t7-,8-,9-,10-,11+,12-,13-,14-,15-,16+/m1/s1. The lowest BCUT2D eigenvalue weighted by Gasteiger charge is -2.47. The van der Waals surface area contributed by atoms with Crippen LogP contribution in [-0.4, -0.2) is 125 Å². The van der Waals surface area contributed by atoms with Crippen molar-refractivity contribution in [2.45, 2.75) is 75.1 Å². The average molecular weight is 504 g/mol. The first-order valence-corrected chi connectivity index (χ1v) is 11.1. The fourth-order valence-electron chi connectivity index (χ4n) is 3.52. The van der Waals surface area contributed by atoms with Crippen LogP contribution in [0.4, 0.5) is 0 Å². The number of hydrogen-bond acceptors (Lipinski definition) is 13. The molecule has 2 saturated heterocycles. The van der Waals surface area contributed by atoms with E-state index in [1.165, 1.54) is 0 Å². The molecular formula is C16H28N2O14S. The molecule has 2 heterocycles. The summed E-state index contributed by atoms with van der Waals surface area (Å²) in [5.74, 6) is -1.31. The largest absolute Gasteiger partial charge is 0.397 e. The third-order valence-corrected chi connectivity index (χ3v) is 5.42. The molecule has 8 N–H and O–H groups in total. The second-order valence-electron chi connectivity index (χ2n) is 7.53. The van der Waals surface area contributed by atoms with E-state index >= 15 is 0 Å². The van der Waals surface area contributed by atoms with Crippen molar-refractivity contribution < 1.29 is 66.5 Å². The van der Waals surface area contributed by atoms with Gasteiger partial charge in [-0.2, -0.15) is 8.42 Å². The zero-order valence-corrected chi connectivity index (χ0v) is 18.4. The highest BCUT2D eigenvalue weighted by molar-refractivity contribution is 7.80. The molecule has 2 rings (SSSR count). The zero-order chi connectivity index (χ0) is 25.1. The van der Waals surface area contributed by atoms with Crippen molar-refractivity contribution in [1.82, 2.24) is 10.6 Å². The number of rotatable bonds is 8. The number of aliphatic hydroxyl groups excluding tert-OH is 5. The zero-order valence-electron chi connectivity index (χ0n) is 17.5. The number of nitrogens with one attached hydrogen (secondary N) is 2. The number of ether oxygens (including phenoxy) is 3. The van der Waals surface area contributed by atoms with Crippen molar-refractivity contribution in [2.75, 3.05) is 13.2 Å². The van der Waals surface area contributed by atoms with Gasteiger partial charge in [0.2, 0.25) is 11.8 Å². The van der Waals surface area contributed by atoms with E-state index in [1.54, 1.807) is 0 Å². The van der Waals surface area contributed by atoms with Crippen LogP contribution in [0.25, 0.3) is 0 Å². The van der Waals surface area contributed by atoms with Crippen LogP contribution in [0.2, 0.25) is 0 Å².